The number of rotatable bonds is 0. The minimum Gasteiger partial charge on any atom is -0.307 e. The molecule has 0 rings (SSSR count). The molecule has 0 aromatic heterocycles. The molecule has 0 amide bonds. The molecule has 0 aromatic carbocycles. The van der Waals surface area contributed by atoms with E-state index in [2.05, 4.69) is 0 Å². The fraction of sp³-hybridized carbons (Fsp3) is 0. The van der Waals surface area contributed by atoms with Crippen LogP contribution in [0.3, 0.4) is 0 Å². The van der Waals surface area contributed by atoms with E-state index in [9.17, 15) is 0 Å². The minimum atomic E-state index is -0.250. The molecule has 2 nitrogen and oxygen atoms in total. The molecule has 0 aliphatic heterocycles. The molecule has 0 unspecified atom stereocenters. The largest absolute Gasteiger partial charge is 0.307 e. The number of hydrogen-bond donors (Lipinski definition) is 2. The topological polar surface area (TPSA) is 40.5 Å². The van der Waals surface area contributed by atoms with Gasteiger partial charge in [0.2, 0.25) is 0 Å². The molecule has 4 heavy (non-hydrogen) atoms. The average molecular weight is 162 g/mol. The van der Waals surface area contributed by atoms with Crippen LogP contribution in [0.4, 0.5) is 0 Å². The summed E-state index contributed by atoms with van der Waals surface area (Å²) in [7, 11) is 0. The average Bonchev–Trinajstić information content (AvgIpc) is 0.918. The van der Waals surface area contributed by atoms with Gasteiger partial charge in [0, 0.05) is 21.1 Å². The van der Waals surface area contributed by atoms with Gasteiger partial charge in [-0.15, -0.1) is 0 Å². The third kappa shape index (κ3) is 12.4. The summed E-state index contributed by atoms with van der Waals surface area (Å²) in [5.41, 5.74) is 0. The van der Waals surface area contributed by atoms with Crippen molar-refractivity contribution in [1.82, 2.24) is 0 Å². The molecular weight excluding hydrogens is 160 g/mol. The molecule has 0 aliphatic carbocycles. The predicted octanol–water partition coefficient (Wildman–Crippen LogP) is 0.663. The molecule has 0 aromatic rings. The van der Waals surface area contributed by atoms with Gasteiger partial charge < -0.3 is 9.11 Å². The van der Waals surface area contributed by atoms with Crippen LogP contribution < -0.4 is 0 Å². The van der Waals surface area contributed by atoms with E-state index in [-0.39, 0.29) is 33.4 Å². The van der Waals surface area contributed by atoms with Crippen LogP contribution in [-0.2, 0) is 21.1 Å². The van der Waals surface area contributed by atoms with Gasteiger partial charge in [0.15, 0.2) is 12.3 Å². The second kappa shape index (κ2) is 9.03. The van der Waals surface area contributed by atoms with Crippen LogP contribution in [0.1, 0.15) is 0 Å². The van der Waals surface area contributed by atoms with Crippen molar-refractivity contribution in [3.63, 3.8) is 0 Å². The summed E-state index contributed by atoms with van der Waals surface area (Å²) >= 11 is -0.250. The second-order valence-electron chi connectivity index (χ2n) is 0.0816. The van der Waals surface area contributed by atoms with Crippen LogP contribution in [0.25, 0.3) is 0 Å². The van der Waals surface area contributed by atoms with Gasteiger partial charge in [0.25, 0.3) is 0 Å². The zero-order valence-electron chi connectivity index (χ0n) is 1.71. The Hall–Kier alpha value is 0.958. The molecule has 0 heterocycles. The van der Waals surface area contributed by atoms with Crippen LogP contribution in [-0.4, -0.2) is 9.11 Å². The molecule has 0 saturated heterocycles. The van der Waals surface area contributed by atoms with Crippen molar-refractivity contribution >= 4 is 12.3 Å². The van der Waals surface area contributed by atoms with E-state index < -0.39 is 0 Å². The molecule has 0 fully saturated rings. The first-order valence-corrected chi connectivity index (χ1v) is 1.10. The summed E-state index contributed by atoms with van der Waals surface area (Å²) in [5.74, 6) is 0. The first kappa shape index (κ1) is 8.88. The summed E-state index contributed by atoms with van der Waals surface area (Å²) in [4.78, 5) is 0. The van der Waals surface area contributed by atoms with Crippen molar-refractivity contribution in [1.29, 1.82) is 0 Å². The smallest absolute Gasteiger partial charge is 0.152 e. The standard InChI is InChI=1S/Mo.H2O2S/c;1-3-2/h;1-2H. The van der Waals surface area contributed by atoms with Crippen LogP contribution in [0.5, 0.6) is 0 Å². The Morgan fingerprint density at radius 1 is 1.25 bits per heavy atom. The van der Waals surface area contributed by atoms with Crippen molar-refractivity contribution in [2.24, 2.45) is 0 Å². The molecule has 0 spiro atoms. The van der Waals surface area contributed by atoms with Crippen molar-refractivity contribution in [3.8, 4) is 0 Å². The van der Waals surface area contributed by atoms with E-state index in [1.54, 1.807) is 0 Å². The summed E-state index contributed by atoms with van der Waals surface area (Å²) in [6, 6.07) is 0. The summed E-state index contributed by atoms with van der Waals surface area (Å²) < 4.78 is 14.1. The Morgan fingerprint density at radius 2 is 1.25 bits per heavy atom. The van der Waals surface area contributed by atoms with Crippen LogP contribution in [0.2, 0.25) is 0 Å². The Labute approximate surface area is 42.9 Å². The van der Waals surface area contributed by atoms with Gasteiger partial charge in [-0.1, -0.05) is 0 Å². The van der Waals surface area contributed by atoms with E-state index in [0.29, 0.717) is 0 Å². The molecular formula is H2MoO2S. The van der Waals surface area contributed by atoms with Crippen LogP contribution >= 0.6 is 12.3 Å². The van der Waals surface area contributed by atoms with Gasteiger partial charge in [-0.2, -0.15) is 0 Å². The van der Waals surface area contributed by atoms with Gasteiger partial charge >= 0.3 is 0 Å². The van der Waals surface area contributed by atoms with E-state index in [1.165, 1.54) is 0 Å². The Bertz CT molecular complexity index is 6.00. The van der Waals surface area contributed by atoms with Crippen molar-refractivity contribution in [2.45, 2.75) is 0 Å². The van der Waals surface area contributed by atoms with E-state index in [1.807, 2.05) is 0 Å². The molecule has 0 bridgehead atoms. The summed E-state index contributed by atoms with van der Waals surface area (Å²) in [5, 5.41) is 0. The third-order valence-corrected chi connectivity index (χ3v) is 0. The monoisotopic (exact) mass is 164 g/mol. The first-order chi connectivity index (χ1) is 1.41. The van der Waals surface area contributed by atoms with E-state index in [4.69, 9.17) is 9.11 Å². The van der Waals surface area contributed by atoms with Crippen molar-refractivity contribution < 1.29 is 30.2 Å². The van der Waals surface area contributed by atoms with Gasteiger partial charge in [0.05, 0.1) is 0 Å². The minimum absolute atomic E-state index is 0. The maximum absolute atomic E-state index is 7.04. The second-order valence-corrected chi connectivity index (χ2v) is 0.245. The fourth-order valence-electron chi connectivity index (χ4n) is 0. The van der Waals surface area contributed by atoms with Crippen LogP contribution in [0.15, 0.2) is 0 Å². The molecule has 0 saturated carbocycles. The van der Waals surface area contributed by atoms with Gasteiger partial charge in [0.1, 0.15) is 0 Å². The summed E-state index contributed by atoms with van der Waals surface area (Å²) in [6.45, 7) is 0. The molecule has 26 valence electrons. The predicted molar refractivity (Wildman–Crippen MR) is 12.8 cm³/mol. The molecule has 2 N–H and O–H groups in total. The Balaban J connectivity index is 0. The molecule has 4 heteroatoms. The van der Waals surface area contributed by atoms with Gasteiger partial charge in [-0.3, -0.25) is 0 Å². The quantitative estimate of drug-likeness (QED) is 0.406. The third-order valence-electron chi connectivity index (χ3n) is 0. The van der Waals surface area contributed by atoms with E-state index in [0.717, 1.165) is 0 Å². The SMILES string of the molecule is OSO.[Mo]. The van der Waals surface area contributed by atoms with E-state index >= 15 is 0 Å². The normalized spacial score (nSPS) is 4.50. The van der Waals surface area contributed by atoms with Gasteiger partial charge in [-0.25, -0.2) is 0 Å². The Kier molecular flexibility index (Phi) is 20.0. The zero-order chi connectivity index (χ0) is 2.71. The molecule has 0 radical (unpaired) electrons. The maximum Gasteiger partial charge on any atom is 0.152 e. The fourth-order valence-corrected chi connectivity index (χ4v) is 0. The molecule has 0 aliphatic rings. The van der Waals surface area contributed by atoms with Crippen LogP contribution in [0, 0.1) is 0 Å². The Morgan fingerprint density at radius 3 is 1.25 bits per heavy atom. The number of hydrogen-bond acceptors (Lipinski definition) is 3. The first-order valence-electron chi connectivity index (χ1n) is 0.365. The van der Waals surface area contributed by atoms with Crippen molar-refractivity contribution in [2.75, 3.05) is 0 Å². The maximum atomic E-state index is 7.04. The zero-order valence-corrected chi connectivity index (χ0v) is 4.53. The van der Waals surface area contributed by atoms with Gasteiger partial charge in [-0.05, 0) is 0 Å². The molecule has 0 atom stereocenters. The summed E-state index contributed by atoms with van der Waals surface area (Å²) in [6.07, 6.45) is 0. The van der Waals surface area contributed by atoms with Crippen molar-refractivity contribution in [3.05, 3.63) is 0 Å².